The smallest absolute Gasteiger partial charge is 0.159 e. The quantitative estimate of drug-likeness (QED) is 0.537. The minimum atomic E-state index is 0.600. The molecule has 27 heavy (non-hydrogen) atoms. The normalized spacial score (nSPS) is 14.4. The molecule has 8 nitrogen and oxygen atoms in total. The van der Waals surface area contributed by atoms with Crippen molar-refractivity contribution in [2.75, 3.05) is 0 Å². The predicted octanol–water partition coefficient (Wildman–Crippen LogP) is 2.95. The lowest BCUT2D eigenvalue weighted by Gasteiger charge is -2.04. The maximum atomic E-state index is 4.93. The van der Waals surface area contributed by atoms with E-state index in [-0.39, 0.29) is 0 Å². The molecule has 5 aromatic rings. The summed E-state index contributed by atoms with van der Waals surface area (Å²) in [6.07, 6.45) is 13.7. The van der Waals surface area contributed by atoms with Crippen LogP contribution in [0.3, 0.4) is 0 Å². The molecular weight excluding hydrogens is 340 g/mol. The van der Waals surface area contributed by atoms with Crippen molar-refractivity contribution in [2.45, 2.75) is 18.8 Å². The van der Waals surface area contributed by atoms with Crippen LogP contribution in [0.4, 0.5) is 0 Å². The van der Waals surface area contributed by atoms with E-state index in [2.05, 4.69) is 25.1 Å². The highest BCUT2D eigenvalue weighted by atomic mass is 15.2. The third-order valence-corrected chi connectivity index (χ3v) is 5.14. The first-order valence-electron chi connectivity index (χ1n) is 8.93. The molecule has 1 N–H and O–H groups in total. The second-order valence-corrected chi connectivity index (χ2v) is 7.01. The molecule has 5 aromatic heterocycles. The number of rotatable bonds is 3. The van der Waals surface area contributed by atoms with Crippen LogP contribution in [0.5, 0.6) is 0 Å². The van der Waals surface area contributed by atoms with E-state index >= 15 is 0 Å². The first-order valence-corrected chi connectivity index (χ1v) is 8.93. The van der Waals surface area contributed by atoms with E-state index in [1.807, 2.05) is 48.6 Å². The average Bonchev–Trinajstić information content (AvgIpc) is 3.11. The molecule has 132 valence electrons. The minimum absolute atomic E-state index is 0.600. The van der Waals surface area contributed by atoms with Crippen LogP contribution in [-0.2, 0) is 7.05 Å². The summed E-state index contributed by atoms with van der Waals surface area (Å²) in [5, 5.41) is 9.67. The van der Waals surface area contributed by atoms with Crippen LogP contribution in [0, 0.1) is 0 Å². The van der Waals surface area contributed by atoms with Gasteiger partial charge in [0.25, 0.3) is 0 Å². The molecule has 0 aliphatic heterocycles. The van der Waals surface area contributed by atoms with E-state index in [9.17, 15) is 0 Å². The third-order valence-electron chi connectivity index (χ3n) is 5.14. The number of hydrogen-bond acceptors (Lipinski definition) is 5. The number of fused-ring (bicyclic) bond motifs is 2. The van der Waals surface area contributed by atoms with Gasteiger partial charge in [0, 0.05) is 42.3 Å². The lowest BCUT2D eigenvalue weighted by molar-refractivity contribution is 0.768. The predicted molar refractivity (Wildman–Crippen MR) is 100 cm³/mol. The lowest BCUT2D eigenvalue weighted by atomic mass is 10.1. The van der Waals surface area contributed by atoms with Crippen molar-refractivity contribution < 1.29 is 0 Å². The Labute approximate surface area is 153 Å². The highest BCUT2D eigenvalue weighted by Gasteiger charge is 2.27. The summed E-state index contributed by atoms with van der Waals surface area (Å²) < 4.78 is 3.62. The van der Waals surface area contributed by atoms with Gasteiger partial charge in [-0.05, 0) is 24.8 Å². The first-order chi connectivity index (χ1) is 13.3. The molecule has 0 atom stereocenters. The zero-order chi connectivity index (χ0) is 18.0. The largest absolute Gasteiger partial charge is 0.345 e. The molecule has 0 radical (unpaired) electrons. The Morgan fingerprint density at radius 2 is 2.07 bits per heavy atom. The van der Waals surface area contributed by atoms with Crippen LogP contribution in [-0.4, -0.2) is 39.3 Å². The number of hydrogen-bond donors (Lipinski definition) is 1. The second-order valence-electron chi connectivity index (χ2n) is 7.01. The van der Waals surface area contributed by atoms with Crippen molar-refractivity contribution in [3.8, 4) is 22.5 Å². The molecule has 1 aliphatic carbocycles. The molecule has 1 fully saturated rings. The molecule has 1 saturated carbocycles. The van der Waals surface area contributed by atoms with Crippen LogP contribution in [0.2, 0.25) is 0 Å². The van der Waals surface area contributed by atoms with Gasteiger partial charge in [-0.25, -0.2) is 19.5 Å². The Kier molecular flexibility index (Phi) is 2.83. The van der Waals surface area contributed by atoms with Gasteiger partial charge in [0.05, 0.1) is 29.2 Å². The van der Waals surface area contributed by atoms with E-state index in [1.165, 1.54) is 18.4 Å². The molecule has 8 heteroatoms. The number of aryl methyl sites for hydroxylation is 1. The van der Waals surface area contributed by atoms with E-state index < -0.39 is 0 Å². The van der Waals surface area contributed by atoms with Gasteiger partial charge in [0.1, 0.15) is 12.0 Å². The maximum absolute atomic E-state index is 4.93. The monoisotopic (exact) mass is 356 g/mol. The van der Waals surface area contributed by atoms with E-state index in [0.29, 0.717) is 5.92 Å². The maximum Gasteiger partial charge on any atom is 0.159 e. The van der Waals surface area contributed by atoms with Gasteiger partial charge in [-0.3, -0.25) is 4.68 Å². The third kappa shape index (κ3) is 2.19. The fourth-order valence-electron chi connectivity index (χ4n) is 3.65. The Balaban J connectivity index is 1.59. The van der Waals surface area contributed by atoms with Gasteiger partial charge in [0.15, 0.2) is 5.65 Å². The van der Waals surface area contributed by atoms with Crippen molar-refractivity contribution in [3.05, 3.63) is 48.9 Å². The fourth-order valence-corrected chi connectivity index (χ4v) is 3.65. The zero-order valence-corrected chi connectivity index (χ0v) is 14.7. The summed E-state index contributed by atoms with van der Waals surface area (Å²) in [6.45, 7) is 0. The van der Waals surface area contributed by atoms with Gasteiger partial charge >= 0.3 is 0 Å². The number of aromatic nitrogens is 8. The van der Waals surface area contributed by atoms with Gasteiger partial charge in [-0.1, -0.05) is 0 Å². The molecule has 6 rings (SSSR count). The zero-order valence-electron chi connectivity index (χ0n) is 14.7. The number of aromatic amines is 1. The van der Waals surface area contributed by atoms with Crippen LogP contribution < -0.4 is 0 Å². The highest BCUT2D eigenvalue weighted by molar-refractivity contribution is 6.01. The average molecular weight is 356 g/mol. The summed E-state index contributed by atoms with van der Waals surface area (Å²) in [6, 6.07) is 1.99. The molecule has 0 saturated heterocycles. The van der Waals surface area contributed by atoms with Crippen molar-refractivity contribution in [2.24, 2.45) is 7.05 Å². The van der Waals surface area contributed by atoms with Crippen LogP contribution in [0.25, 0.3) is 39.2 Å². The van der Waals surface area contributed by atoms with Crippen LogP contribution >= 0.6 is 0 Å². The Bertz CT molecular complexity index is 1300. The Morgan fingerprint density at radius 1 is 1.15 bits per heavy atom. The topological polar surface area (TPSA) is 89.6 Å². The number of nitrogens with zero attached hydrogens (tertiary/aromatic N) is 7. The standard InChI is InChI=1S/C19H16N8/c1-26-9-12(6-23-26)17-16-14(7-20-18(16)22-10-21-17)15-4-5-27-19(25-15)13(8-24-27)11-2-3-11/h4-11H,2-3H2,1H3,(H,20,21,22). The molecule has 0 amide bonds. The molecule has 0 unspecified atom stereocenters. The Morgan fingerprint density at radius 3 is 2.89 bits per heavy atom. The van der Waals surface area contributed by atoms with Crippen LogP contribution in [0.1, 0.15) is 24.3 Å². The van der Waals surface area contributed by atoms with Gasteiger partial charge < -0.3 is 4.98 Å². The summed E-state index contributed by atoms with van der Waals surface area (Å²) in [5.74, 6) is 0.600. The van der Waals surface area contributed by atoms with Gasteiger partial charge in [-0.2, -0.15) is 10.2 Å². The first kappa shape index (κ1) is 14.6. The summed E-state index contributed by atoms with van der Waals surface area (Å²) in [5.41, 5.74) is 6.63. The van der Waals surface area contributed by atoms with Crippen molar-refractivity contribution in [1.29, 1.82) is 0 Å². The summed E-state index contributed by atoms with van der Waals surface area (Å²) in [7, 11) is 1.90. The lowest BCUT2D eigenvalue weighted by Crippen LogP contribution is -1.94. The van der Waals surface area contributed by atoms with E-state index in [4.69, 9.17) is 4.98 Å². The van der Waals surface area contributed by atoms with Crippen molar-refractivity contribution in [1.82, 2.24) is 39.3 Å². The molecule has 5 heterocycles. The summed E-state index contributed by atoms with van der Waals surface area (Å²) >= 11 is 0. The number of nitrogens with one attached hydrogen (secondary N) is 1. The molecular formula is C19H16N8. The highest BCUT2D eigenvalue weighted by Crippen LogP contribution is 2.42. The Hall–Kier alpha value is -3.55. The SMILES string of the molecule is Cn1cc(-c2ncnc3[nH]cc(-c4ccn5ncc(C6CC6)c5n4)c23)cn1. The van der Waals surface area contributed by atoms with Crippen LogP contribution in [0.15, 0.2) is 43.4 Å². The molecule has 1 aliphatic rings. The molecule has 0 aromatic carbocycles. The number of H-pyrrole nitrogens is 1. The van der Waals surface area contributed by atoms with Crippen molar-refractivity contribution in [3.63, 3.8) is 0 Å². The summed E-state index contributed by atoms with van der Waals surface area (Å²) in [4.78, 5) is 17.1. The van der Waals surface area contributed by atoms with Gasteiger partial charge in [-0.15, -0.1) is 0 Å². The van der Waals surface area contributed by atoms with E-state index in [1.54, 1.807) is 11.0 Å². The second kappa shape index (κ2) is 5.23. The van der Waals surface area contributed by atoms with Crippen molar-refractivity contribution >= 4 is 16.7 Å². The fraction of sp³-hybridized carbons (Fsp3) is 0.211. The molecule has 0 bridgehead atoms. The van der Waals surface area contributed by atoms with E-state index in [0.717, 1.165) is 39.2 Å². The van der Waals surface area contributed by atoms with Gasteiger partial charge in [0.2, 0.25) is 0 Å². The molecule has 0 spiro atoms. The minimum Gasteiger partial charge on any atom is -0.345 e.